The zero-order chi connectivity index (χ0) is 15.7. The van der Waals surface area contributed by atoms with Gasteiger partial charge < -0.3 is 4.90 Å². The van der Waals surface area contributed by atoms with Gasteiger partial charge in [0.05, 0.1) is 12.6 Å². The van der Waals surface area contributed by atoms with E-state index in [0.717, 1.165) is 16.3 Å². The summed E-state index contributed by atoms with van der Waals surface area (Å²) in [6, 6.07) is 13.1. The van der Waals surface area contributed by atoms with Gasteiger partial charge in [0.2, 0.25) is 5.91 Å². The maximum atomic E-state index is 13.2. The van der Waals surface area contributed by atoms with Crippen LogP contribution in [0.2, 0.25) is 0 Å². The molecule has 6 heteroatoms. The Balaban J connectivity index is 0.00000192. The Labute approximate surface area is 140 Å². The topological polar surface area (TPSA) is 32.3 Å². The molecule has 0 aromatic heterocycles. The normalized spacial score (nSPS) is 19.3. The number of hydrogen-bond donors (Lipinski definition) is 1. The lowest BCUT2D eigenvalue weighted by atomic mass is 10.0. The molecule has 2 aromatic carbocycles. The summed E-state index contributed by atoms with van der Waals surface area (Å²) in [5, 5.41) is 4.79. The van der Waals surface area contributed by atoms with Crippen LogP contribution in [-0.4, -0.2) is 36.4 Å². The second-order valence-corrected chi connectivity index (χ2v) is 5.83. The van der Waals surface area contributed by atoms with Crippen LogP contribution < -0.4 is 5.32 Å². The monoisotopic (exact) mass is 340 g/mol. The van der Waals surface area contributed by atoms with Crippen molar-refractivity contribution in [3.63, 3.8) is 0 Å². The molecule has 0 radical (unpaired) electrons. The van der Waals surface area contributed by atoms with E-state index in [9.17, 15) is 13.6 Å². The Morgan fingerprint density at radius 3 is 2.65 bits per heavy atom. The number of benzene rings is 2. The molecule has 1 amide bonds. The zero-order valence-electron chi connectivity index (χ0n) is 12.8. The summed E-state index contributed by atoms with van der Waals surface area (Å²) in [7, 11) is 1.66. The Bertz CT molecular complexity index is 703. The van der Waals surface area contributed by atoms with Crippen LogP contribution in [0.1, 0.15) is 12.0 Å². The van der Waals surface area contributed by atoms with Crippen molar-refractivity contribution in [2.75, 3.05) is 13.6 Å². The molecule has 1 aliphatic heterocycles. The average Bonchev–Trinajstić information content (AvgIpc) is 2.87. The first-order chi connectivity index (χ1) is 10.5. The summed E-state index contributed by atoms with van der Waals surface area (Å²) < 4.78 is 26.4. The van der Waals surface area contributed by atoms with Crippen LogP contribution >= 0.6 is 12.4 Å². The Morgan fingerprint density at radius 1 is 1.26 bits per heavy atom. The van der Waals surface area contributed by atoms with E-state index in [1.54, 1.807) is 7.05 Å². The van der Waals surface area contributed by atoms with Crippen LogP contribution in [0.3, 0.4) is 0 Å². The van der Waals surface area contributed by atoms with Gasteiger partial charge in [-0.1, -0.05) is 42.5 Å². The first-order valence-electron chi connectivity index (χ1n) is 7.29. The minimum absolute atomic E-state index is 0. The minimum atomic E-state index is -2.79. The number of halogens is 3. The van der Waals surface area contributed by atoms with Gasteiger partial charge in [-0.05, 0) is 16.3 Å². The highest BCUT2D eigenvalue weighted by Crippen LogP contribution is 2.26. The highest BCUT2D eigenvalue weighted by atomic mass is 35.5. The highest BCUT2D eigenvalue weighted by Gasteiger charge is 2.43. The van der Waals surface area contributed by atoms with Gasteiger partial charge in [-0.25, -0.2) is 8.78 Å². The van der Waals surface area contributed by atoms with Crippen molar-refractivity contribution in [2.24, 2.45) is 0 Å². The molecular formula is C17H19ClF2N2O. The van der Waals surface area contributed by atoms with Gasteiger partial charge in [0.1, 0.15) is 0 Å². The molecule has 1 heterocycles. The molecule has 1 fully saturated rings. The molecule has 1 saturated heterocycles. The summed E-state index contributed by atoms with van der Waals surface area (Å²) in [4.78, 5) is 13.8. The number of alkyl halides is 2. The van der Waals surface area contributed by atoms with Crippen molar-refractivity contribution in [3.05, 3.63) is 48.0 Å². The third kappa shape index (κ3) is 3.79. The number of nitrogens with zero attached hydrogens (tertiary/aromatic N) is 1. The fraction of sp³-hybridized carbons (Fsp3) is 0.353. The molecule has 1 unspecified atom stereocenters. The lowest BCUT2D eigenvalue weighted by molar-refractivity contribution is -0.132. The Morgan fingerprint density at radius 2 is 1.96 bits per heavy atom. The van der Waals surface area contributed by atoms with Crippen molar-refractivity contribution < 1.29 is 13.6 Å². The zero-order valence-corrected chi connectivity index (χ0v) is 13.6. The molecule has 1 N–H and O–H groups in total. The number of carbonyl (C=O) groups excluding carboxylic acids is 1. The van der Waals surface area contributed by atoms with Gasteiger partial charge in [-0.2, -0.15) is 0 Å². The van der Waals surface area contributed by atoms with E-state index in [4.69, 9.17) is 0 Å². The van der Waals surface area contributed by atoms with Gasteiger partial charge >= 0.3 is 0 Å². The van der Waals surface area contributed by atoms with Crippen molar-refractivity contribution in [1.29, 1.82) is 0 Å². The van der Waals surface area contributed by atoms with E-state index >= 15 is 0 Å². The average molecular weight is 341 g/mol. The molecule has 0 saturated carbocycles. The lowest BCUT2D eigenvalue weighted by Crippen LogP contribution is -2.41. The second-order valence-electron chi connectivity index (χ2n) is 5.83. The van der Waals surface area contributed by atoms with E-state index in [0.29, 0.717) is 6.54 Å². The van der Waals surface area contributed by atoms with E-state index in [1.165, 1.54) is 4.90 Å². The smallest absolute Gasteiger partial charge is 0.262 e. The molecule has 0 aliphatic carbocycles. The quantitative estimate of drug-likeness (QED) is 0.930. The molecule has 3 rings (SSSR count). The summed E-state index contributed by atoms with van der Waals surface area (Å²) in [5.41, 5.74) is 1.01. The number of likely N-dealkylation sites (N-methyl/N-ethyl adjacent to an activating group) is 1. The van der Waals surface area contributed by atoms with Gasteiger partial charge in [-0.15, -0.1) is 12.4 Å². The summed E-state index contributed by atoms with van der Waals surface area (Å²) >= 11 is 0. The molecule has 0 spiro atoms. The lowest BCUT2D eigenvalue weighted by Gasteiger charge is -2.22. The minimum Gasteiger partial charge on any atom is -0.340 e. The number of rotatable bonds is 3. The third-order valence-electron chi connectivity index (χ3n) is 4.07. The molecule has 1 aliphatic rings. The van der Waals surface area contributed by atoms with Gasteiger partial charge in [-0.3, -0.25) is 10.1 Å². The number of amides is 1. The predicted molar refractivity (Wildman–Crippen MR) is 89.0 cm³/mol. The number of fused-ring (bicyclic) bond motifs is 1. The first kappa shape index (κ1) is 17.6. The maximum Gasteiger partial charge on any atom is 0.262 e. The summed E-state index contributed by atoms with van der Waals surface area (Å²) in [6.07, 6.45) is -0.425. The van der Waals surface area contributed by atoms with Crippen LogP contribution in [0.15, 0.2) is 42.5 Å². The highest BCUT2D eigenvalue weighted by molar-refractivity contribution is 5.87. The standard InChI is InChI=1S/C17H18F2N2O.ClH/c1-21(16(22)15-9-17(18,19)11-20-15)10-13-7-4-6-12-5-2-3-8-14(12)13;/h2-8,15,20H,9-11H2,1H3;1H. The SMILES string of the molecule is CN(Cc1cccc2ccccc12)C(=O)C1CC(F)(F)CN1.Cl. The fourth-order valence-corrected chi connectivity index (χ4v) is 2.92. The molecule has 23 heavy (non-hydrogen) atoms. The molecule has 1 atom stereocenters. The van der Waals surface area contributed by atoms with E-state index in [1.807, 2.05) is 42.5 Å². The van der Waals surface area contributed by atoms with Crippen LogP contribution in [-0.2, 0) is 11.3 Å². The van der Waals surface area contributed by atoms with E-state index in [2.05, 4.69) is 5.32 Å². The first-order valence-corrected chi connectivity index (χ1v) is 7.29. The fourth-order valence-electron chi connectivity index (χ4n) is 2.92. The van der Waals surface area contributed by atoms with Crippen LogP contribution in [0, 0.1) is 0 Å². The van der Waals surface area contributed by atoms with Gasteiger partial charge in [0, 0.05) is 20.0 Å². The Kier molecular flexibility index (Phi) is 5.22. The van der Waals surface area contributed by atoms with Crippen LogP contribution in [0.25, 0.3) is 10.8 Å². The largest absolute Gasteiger partial charge is 0.340 e. The van der Waals surface area contributed by atoms with Crippen molar-refractivity contribution in [3.8, 4) is 0 Å². The summed E-state index contributed by atoms with van der Waals surface area (Å²) in [5.74, 6) is -3.08. The van der Waals surface area contributed by atoms with Crippen molar-refractivity contribution >= 4 is 29.1 Å². The van der Waals surface area contributed by atoms with Crippen LogP contribution in [0.4, 0.5) is 8.78 Å². The van der Waals surface area contributed by atoms with Crippen LogP contribution in [0.5, 0.6) is 0 Å². The maximum absolute atomic E-state index is 13.2. The Hall–Kier alpha value is -1.72. The second kappa shape index (κ2) is 6.81. The predicted octanol–water partition coefficient (Wildman–Crippen LogP) is 3.22. The molecular weight excluding hydrogens is 322 g/mol. The molecule has 0 bridgehead atoms. The van der Waals surface area contributed by atoms with Gasteiger partial charge in [0.15, 0.2) is 0 Å². The molecule has 3 nitrogen and oxygen atoms in total. The van der Waals surface area contributed by atoms with Crippen molar-refractivity contribution in [2.45, 2.75) is 24.9 Å². The van der Waals surface area contributed by atoms with E-state index in [-0.39, 0.29) is 18.3 Å². The van der Waals surface area contributed by atoms with Gasteiger partial charge in [0.25, 0.3) is 5.92 Å². The molecule has 2 aromatic rings. The number of hydrogen-bond acceptors (Lipinski definition) is 2. The molecule has 124 valence electrons. The summed E-state index contributed by atoms with van der Waals surface area (Å²) in [6.45, 7) is -0.0184. The third-order valence-corrected chi connectivity index (χ3v) is 4.07. The number of carbonyl (C=O) groups is 1. The number of nitrogens with one attached hydrogen (secondary N) is 1. The van der Waals surface area contributed by atoms with Crippen molar-refractivity contribution in [1.82, 2.24) is 10.2 Å². The van der Waals surface area contributed by atoms with E-state index < -0.39 is 24.9 Å².